The van der Waals surface area contributed by atoms with Gasteiger partial charge in [-0.3, -0.25) is 0 Å². The lowest BCUT2D eigenvalue weighted by Gasteiger charge is -2.28. The third kappa shape index (κ3) is 4.57. The number of nitrogens with zero attached hydrogens (tertiary/aromatic N) is 5. The number of aromatic nitrogens is 4. The van der Waals surface area contributed by atoms with Crippen molar-refractivity contribution < 1.29 is 9.78 Å². The summed E-state index contributed by atoms with van der Waals surface area (Å²) < 4.78 is 1.89. The predicted molar refractivity (Wildman–Crippen MR) is 126 cm³/mol. The minimum atomic E-state index is 0.413. The molecule has 5 rings (SSSR count). The fourth-order valence-corrected chi connectivity index (χ4v) is 4.69. The normalized spacial score (nSPS) is 14.1. The Morgan fingerprint density at radius 2 is 1.53 bits per heavy atom. The summed E-state index contributed by atoms with van der Waals surface area (Å²) in [7, 11) is 1.50. The van der Waals surface area contributed by atoms with Gasteiger partial charge in [-0.05, 0) is 49.1 Å². The van der Waals surface area contributed by atoms with E-state index < -0.39 is 0 Å². The van der Waals surface area contributed by atoms with Crippen LogP contribution in [0.25, 0.3) is 26.8 Å². The molecule has 0 spiro atoms. The second-order valence-corrected chi connectivity index (χ2v) is 8.75. The Labute approximate surface area is 191 Å². The van der Waals surface area contributed by atoms with Crippen LogP contribution < -0.4 is 4.90 Å². The maximum atomic E-state index is 4.97. The zero-order chi connectivity index (χ0) is 21.8. The molecule has 0 bridgehead atoms. The zero-order valence-corrected chi connectivity index (χ0v) is 18.8. The highest BCUT2D eigenvalue weighted by Gasteiger charge is 2.13. The maximum Gasteiger partial charge on any atom is 0.151 e. The van der Waals surface area contributed by atoms with Gasteiger partial charge in [0.25, 0.3) is 0 Å². The van der Waals surface area contributed by atoms with E-state index in [4.69, 9.17) is 4.89 Å². The number of piperidine rings is 1. The molecule has 8 heteroatoms. The van der Waals surface area contributed by atoms with Crippen molar-refractivity contribution in [1.29, 1.82) is 0 Å². The first kappa shape index (κ1) is 20.8. The molecule has 1 fully saturated rings. The highest BCUT2D eigenvalue weighted by atomic mass is 32.1. The quantitative estimate of drug-likeness (QED) is 0.289. The average molecular weight is 448 g/mol. The largest absolute Gasteiger partial charge is 0.372 e. The molecule has 164 valence electrons. The fourth-order valence-electron chi connectivity index (χ4n) is 3.87. The molecule has 0 unspecified atom stereocenters. The van der Waals surface area contributed by atoms with Gasteiger partial charge >= 0.3 is 0 Å². The maximum absolute atomic E-state index is 4.97. The van der Waals surface area contributed by atoms with E-state index in [-0.39, 0.29) is 0 Å². The molecule has 1 aliphatic heterocycles. The SMILES string of the molecule is COOCc1ccc(-c2nnc(-c3cnn(-c4ccc(N5CCCCC5)cc4)c3)s2)cc1. The van der Waals surface area contributed by atoms with Crippen molar-refractivity contribution in [1.82, 2.24) is 20.0 Å². The van der Waals surface area contributed by atoms with Gasteiger partial charge in [-0.2, -0.15) is 5.10 Å². The number of anilines is 1. The molecule has 0 atom stereocenters. The van der Waals surface area contributed by atoms with Gasteiger partial charge in [-0.15, -0.1) is 10.2 Å². The van der Waals surface area contributed by atoms with Crippen molar-refractivity contribution in [3.05, 3.63) is 66.5 Å². The second kappa shape index (κ2) is 9.60. The molecule has 0 aliphatic carbocycles. The van der Waals surface area contributed by atoms with Gasteiger partial charge < -0.3 is 4.90 Å². The average Bonchev–Trinajstić information content (AvgIpc) is 3.54. The van der Waals surface area contributed by atoms with E-state index in [2.05, 4.69) is 49.3 Å². The second-order valence-electron chi connectivity index (χ2n) is 7.78. The van der Waals surface area contributed by atoms with Crippen LogP contribution in [0.5, 0.6) is 0 Å². The van der Waals surface area contributed by atoms with Gasteiger partial charge in [-0.25, -0.2) is 14.5 Å². The molecule has 7 nitrogen and oxygen atoms in total. The summed E-state index contributed by atoms with van der Waals surface area (Å²) in [6.07, 6.45) is 7.74. The van der Waals surface area contributed by atoms with E-state index in [1.54, 1.807) is 11.3 Å². The van der Waals surface area contributed by atoms with Crippen LogP contribution in [0.15, 0.2) is 60.9 Å². The van der Waals surface area contributed by atoms with Crippen LogP contribution in [0.2, 0.25) is 0 Å². The van der Waals surface area contributed by atoms with Crippen molar-refractivity contribution >= 4 is 17.0 Å². The first-order chi connectivity index (χ1) is 15.8. The molecule has 4 aromatic rings. The standard InChI is InChI=1S/C24H25N5O2S/c1-30-31-17-18-5-7-19(8-6-18)23-26-27-24(32-23)20-15-25-29(16-20)22-11-9-21(10-12-22)28-13-3-2-4-14-28/h5-12,15-16H,2-4,13-14,17H2,1H3. The minimum absolute atomic E-state index is 0.413. The van der Waals surface area contributed by atoms with Crippen molar-refractivity contribution in [3.63, 3.8) is 0 Å². The van der Waals surface area contributed by atoms with Crippen LogP contribution in [0, 0.1) is 0 Å². The third-order valence-corrected chi connectivity index (χ3v) is 6.66. The summed E-state index contributed by atoms with van der Waals surface area (Å²) in [6.45, 7) is 2.71. The van der Waals surface area contributed by atoms with Crippen LogP contribution in [-0.2, 0) is 16.4 Å². The van der Waals surface area contributed by atoms with E-state index >= 15 is 0 Å². The summed E-state index contributed by atoms with van der Waals surface area (Å²) in [6, 6.07) is 16.7. The summed E-state index contributed by atoms with van der Waals surface area (Å²) in [5.41, 5.74) is 5.34. The Kier molecular flexibility index (Phi) is 6.24. The van der Waals surface area contributed by atoms with Crippen LogP contribution in [0.1, 0.15) is 24.8 Å². The van der Waals surface area contributed by atoms with Gasteiger partial charge in [0.1, 0.15) is 11.6 Å². The molecule has 0 N–H and O–H groups in total. The molecule has 3 heterocycles. The van der Waals surface area contributed by atoms with Gasteiger partial charge in [0.15, 0.2) is 5.01 Å². The Bertz CT molecular complexity index is 1150. The van der Waals surface area contributed by atoms with E-state index in [1.807, 2.05) is 41.3 Å². The summed E-state index contributed by atoms with van der Waals surface area (Å²) in [5.74, 6) is 0. The highest BCUT2D eigenvalue weighted by Crippen LogP contribution is 2.30. The monoisotopic (exact) mass is 447 g/mol. The van der Waals surface area contributed by atoms with Crippen LogP contribution in [0.4, 0.5) is 5.69 Å². The van der Waals surface area contributed by atoms with Gasteiger partial charge in [0, 0.05) is 30.5 Å². The van der Waals surface area contributed by atoms with E-state index in [0.29, 0.717) is 6.61 Å². The van der Waals surface area contributed by atoms with Crippen molar-refractivity contribution in [2.45, 2.75) is 25.9 Å². The van der Waals surface area contributed by atoms with Crippen molar-refractivity contribution in [2.24, 2.45) is 0 Å². The van der Waals surface area contributed by atoms with E-state index in [0.717, 1.165) is 45.5 Å². The Balaban J connectivity index is 1.29. The van der Waals surface area contributed by atoms with Gasteiger partial charge in [0.05, 0.1) is 24.6 Å². The van der Waals surface area contributed by atoms with E-state index in [1.165, 1.54) is 32.1 Å². The van der Waals surface area contributed by atoms with Crippen LogP contribution >= 0.6 is 11.3 Å². The molecule has 2 aromatic carbocycles. The molecule has 1 saturated heterocycles. The molecule has 0 radical (unpaired) electrons. The van der Waals surface area contributed by atoms with Crippen LogP contribution in [0.3, 0.4) is 0 Å². The van der Waals surface area contributed by atoms with Gasteiger partial charge in [0.2, 0.25) is 0 Å². The number of hydrogen-bond donors (Lipinski definition) is 0. The molecule has 0 saturated carbocycles. The Morgan fingerprint density at radius 3 is 2.25 bits per heavy atom. The Morgan fingerprint density at radius 1 is 0.844 bits per heavy atom. The molecule has 1 aliphatic rings. The lowest BCUT2D eigenvalue weighted by atomic mass is 10.1. The zero-order valence-electron chi connectivity index (χ0n) is 18.0. The molecular formula is C24H25N5O2S. The smallest absolute Gasteiger partial charge is 0.151 e. The number of benzene rings is 2. The van der Waals surface area contributed by atoms with Crippen molar-refractivity contribution in [2.75, 3.05) is 25.1 Å². The summed E-state index contributed by atoms with van der Waals surface area (Å²) >= 11 is 1.55. The molecular weight excluding hydrogens is 422 g/mol. The van der Waals surface area contributed by atoms with Crippen LogP contribution in [-0.4, -0.2) is 40.2 Å². The summed E-state index contributed by atoms with van der Waals surface area (Å²) in [4.78, 5) is 12.1. The predicted octanol–water partition coefficient (Wildman–Crippen LogP) is 5.13. The number of rotatable bonds is 7. The highest BCUT2D eigenvalue weighted by molar-refractivity contribution is 7.17. The first-order valence-electron chi connectivity index (χ1n) is 10.8. The van der Waals surface area contributed by atoms with Gasteiger partial charge in [-0.1, -0.05) is 35.6 Å². The fraction of sp³-hybridized carbons (Fsp3) is 0.292. The minimum Gasteiger partial charge on any atom is -0.372 e. The first-order valence-corrected chi connectivity index (χ1v) is 11.6. The Hall–Kier alpha value is -3.07. The van der Waals surface area contributed by atoms with E-state index in [9.17, 15) is 0 Å². The molecule has 2 aromatic heterocycles. The number of hydrogen-bond acceptors (Lipinski definition) is 7. The lowest BCUT2D eigenvalue weighted by Crippen LogP contribution is -2.29. The van der Waals surface area contributed by atoms with Crippen molar-refractivity contribution in [3.8, 4) is 26.8 Å². The third-order valence-electron chi connectivity index (χ3n) is 5.63. The molecule has 0 amide bonds. The topological polar surface area (TPSA) is 65.3 Å². The molecule has 32 heavy (non-hydrogen) atoms. The summed E-state index contributed by atoms with van der Waals surface area (Å²) in [5, 5.41) is 15.0. The lowest BCUT2D eigenvalue weighted by molar-refractivity contribution is -0.282.